The van der Waals surface area contributed by atoms with Gasteiger partial charge in [-0.3, -0.25) is 4.79 Å². The van der Waals surface area contributed by atoms with Crippen LogP contribution in [0.2, 0.25) is 0 Å². The predicted octanol–water partition coefficient (Wildman–Crippen LogP) is 3.88. The highest BCUT2D eigenvalue weighted by Gasteiger charge is 2.52. The molecule has 1 fully saturated rings. The van der Waals surface area contributed by atoms with Gasteiger partial charge >= 0.3 is 0 Å². The number of aromatic nitrogens is 2. The Bertz CT molecular complexity index is 880. The molecule has 1 aliphatic rings. The van der Waals surface area contributed by atoms with Crippen molar-refractivity contribution in [2.24, 2.45) is 0 Å². The smallest absolute Gasteiger partial charge is 0.237 e. The Morgan fingerprint density at radius 3 is 2.58 bits per heavy atom. The van der Waals surface area contributed by atoms with Crippen molar-refractivity contribution in [2.45, 2.75) is 18.3 Å². The molecule has 1 N–H and O–H groups in total. The molecule has 122 valence electrons. The molecule has 0 radical (unpaired) electrons. The van der Waals surface area contributed by atoms with Gasteiger partial charge in [-0.05, 0) is 36.4 Å². The average Bonchev–Trinajstić information content (AvgIpc) is 2.97. The molecule has 0 unspecified atom stereocenters. The van der Waals surface area contributed by atoms with Gasteiger partial charge in [0.15, 0.2) is 5.82 Å². The van der Waals surface area contributed by atoms with Crippen molar-refractivity contribution in [3.63, 3.8) is 0 Å². The van der Waals surface area contributed by atoms with Crippen molar-refractivity contribution in [1.29, 1.82) is 0 Å². The lowest BCUT2D eigenvalue weighted by molar-refractivity contribution is -0.118. The molecule has 0 spiro atoms. The molecule has 24 heavy (non-hydrogen) atoms. The van der Waals surface area contributed by atoms with Crippen molar-refractivity contribution in [3.05, 3.63) is 64.5 Å². The molecular formula is C17H13F2N3OS. The minimum Gasteiger partial charge on any atom is -0.308 e. The van der Waals surface area contributed by atoms with Crippen molar-refractivity contribution in [1.82, 2.24) is 9.78 Å². The summed E-state index contributed by atoms with van der Waals surface area (Å²) in [5.74, 6) is -1.10. The maximum absolute atomic E-state index is 13.3. The van der Waals surface area contributed by atoms with Gasteiger partial charge < -0.3 is 5.32 Å². The molecule has 3 aromatic rings. The van der Waals surface area contributed by atoms with Crippen LogP contribution in [0, 0.1) is 11.6 Å². The van der Waals surface area contributed by atoms with Gasteiger partial charge in [0.1, 0.15) is 11.6 Å². The number of amides is 1. The van der Waals surface area contributed by atoms with Crippen LogP contribution in [0.1, 0.15) is 17.7 Å². The average molecular weight is 345 g/mol. The third kappa shape index (κ3) is 2.60. The molecular weight excluding hydrogens is 332 g/mol. The van der Waals surface area contributed by atoms with E-state index in [0.29, 0.717) is 5.82 Å². The Labute approximate surface area is 140 Å². The Hall–Kier alpha value is -2.54. The number of nitrogens with one attached hydrogen (secondary N) is 1. The summed E-state index contributed by atoms with van der Waals surface area (Å²) in [6.45, 7) is 0. The van der Waals surface area contributed by atoms with Crippen LogP contribution in [-0.4, -0.2) is 15.7 Å². The monoisotopic (exact) mass is 345 g/mol. The van der Waals surface area contributed by atoms with Gasteiger partial charge in [-0.1, -0.05) is 6.07 Å². The fourth-order valence-corrected chi connectivity index (χ4v) is 3.69. The molecule has 4 nitrogen and oxygen atoms in total. The summed E-state index contributed by atoms with van der Waals surface area (Å²) in [5.41, 5.74) is -0.199. The normalized spacial score (nSPS) is 15.2. The number of benzene rings is 1. The SMILES string of the molecule is O=C(Nc1ccn(-c2cc(F)cc(F)c2)n1)C1(c2cccs2)CC1. The molecule has 2 aromatic heterocycles. The Morgan fingerprint density at radius 1 is 1.21 bits per heavy atom. The second-order valence-corrected chi connectivity index (χ2v) is 6.73. The van der Waals surface area contributed by atoms with Crippen LogP contribution in [0.3, 0.4) is 0 Å². The van der Waals surface area contributed by atoms with Crippen LogP contribution in [0.5, 0.6) is 0 Å². The highest BCUT2D eigenvalue weighted by atomic mass is 32.1. The maximum Gasteiger partial charge on any atom is 0.237 e. The van der Waals surface area contributed by atoms with Gasteiger partial charge in [0.05, 0.1) is 11.1 Å². The zero-order valence-corrected chi connectivity index (χ0v) is 13.3. The third-order valence-electron chi connectivity index (χ3n) is 4.12. The van der Waals surface area contributed by atoms with Gasteiger partial charge in [0, 0.05) is 23.2 Å². The van der Waals surface area contributed by atoms with E-state index in [1.807, 2.05) is 17.5 Å². The van der Waals surface area contributed by atoms with Gasteiger partial charge in [-0.15, -0.1) is 11.3 Å². The molecule has 4 rings (SSSR count). The number of hydrogen-bond acceptors (Lipinski definition) is 3. The summed E-state index contributed by atoms with van der Waals surface area (Å²) >= 11 is 1.57. The first-order valence-electron chi connectivity index (χ1n) is 7.44. The summed E-state index contributed by atoms with van der Waals surface area (Å²) in [7, 11) is 0. The molecule has 0 saturated heterocycles. The molecule has 0 atom stereocenters. The molecule has 0 aliphatic heterocycles. The van der Waals surface area contributed by atoms with Gasteiger partial charge in [0.2, 0.25) is 5.91 Å². The number of anilines is 1. The first kappa shape index (κ1) is 15.0. The van der Waals surface area contributed by atoms with Gasteiger partial charge in [-0.25, -0.2) is 13.5 Å². The Morgan fingerprint density at radius 2 is 1.96 bits per heavy atom. The molecule has 0 bridgehead atoms. The molecule has 1 aliphatic carbocycles. The van der Waals surface area contributed by atoms with Crippen LogP contribution in [0.25, 0.3) is 5.69 Å². The lowest BCUT2D eigenvalue weighted by atomic mass is 10.0. The van der Waals surface area contributed by atoms with Gasteiger partial charge in [0.25, 0.3) is 0 Å². The molecule has 1 saturated carbocycles. The maximum atomic E-state index is 13.3. The third-order valence-corrected chi connectivity index (χ3v) is 5.19. The summed E-state index contributed by atoms with van der Waals surface area (Å²) in [6, 6.07) is 8.65. The Balaban J connectivity index is 1.55. The second-order valence-electron chi connectivity index (χ2n) is 5.79. The van der Waals surface area contributed by atoms with E-state index in [2.05, 4.69) is 10.4 Å². The van der Waals surface area contributed by atoms with E-state index < -0.39 is 17.0 Å². The Kier molecular flexibility index (Phi) is 3.45. The number of halogens is 2. The number of hydrogen-bond donors (Lipinski definition) is 1. The van der Waals surface area contributed by atoms with Crippen molar-refractivity contribution in [3.8, 4) is 5.69 Å². The van der Waals surface area contributed by atoms with Crippen LogP contribution in [0.4, 0.5) is 14.6 Å². The zero-order valence-electron chi connectivity index (χ0n) is 12.5. The summed E-state index contributed by atoms with van der Waals surface area (Å²) < 4.78 is 27.9. The first-order chi connectivity index (χ1) is 11.6. The molecule has 1 amide bonds. The van der Waals surface area contributed by atoms with Crippen LogP contribution < -0.4 is 5.32 Å². The number of nitrogens with zero attached hydrogens (tertiary/aromatic N) is 2. The van der Waals surface area contributed by atoms with Crippen molar-refractivity contribution >= 4 is 23.1 Å². The van der Waals surface area contributed by atoms with E-state index in [1.165, 1.54) is 16.8 Å². The summed E-state index contributed by atoms with van der Waals surface area (Å²) in [4.78, 5) is 13.6. The van der Waals surface area contributed by atoms with E-state index >= 15 is 0 Å². The van der Waals surface area contributed by atoms with E-state index in [4.69, 9.17) is 0 Å². The second kappa shape index (κ2) is 5.52. The van der Waals surface area contributed by atoms with Gasteiger partial charge in [-0.2, -0.15) is 5.10 Å². The first-order valence-corrected chi connectivity index (χ1v) is 8.32. The van der Waals surface area contributed by atoms with E-state index in [0.717, 1.165) is 23.8 Å². The predicted molar refractivity (Wildman–Crippen MR) is 87.3 cm³/mol. The highest BCUT2D eigenvalue weighted by Crippen LogP contribution is 2.50. The highest BCUT2D eigenvalue weighted by molar-refractivity contribution is 7.10. The fourth-order valence-electron chi connectivity index (χ4n) is 2.70. The van der Waals surface area contributed by atoms with Crippen LogP contribution in [0.15, 0.2) is 48.0 Å². The summed E-state index contributed by atoms with van der Waals surface area (Å²) in [6.07, 6.45) is 3.18. The minimum atomic E-state index is -0.680. The lowest BCUT2D eigenvalue weighted by Crippen LogP contribution is -2.27. The number of thiophene rings is 1. The fraction of sp³-hybridized carbons (Fsp3) is 0.176. The van der Waals surface area contributed by atoms with E-state index in [1.54, 1.807) is 23.6 Å². The number of carbonyl (C=O) groups excluding carboxylic acids is 1. The van der Waals surface area contributed by atoms with E-state index in [9.17, 15) is 13.6 Å². The lowest BCUT2D eigenvalue weighted by Gasteiger charge is -2.12. The molecule has 1 aromatic carbocycles. The quantitative estimate of drug-likeness (QED) is 0.780. The van der Waals surface area contributed by atoms with Crippen LogP contribution >= 0.6 is 11.3 Å². The number of rotatable bonds is 4. The minimum absolute atomic E-state index is 0.0966. The molecule has 2 heterocycles. The van der Waals surface area contributed by atoms with Crippen LogP contribution in [-0.2, 0) is 10.2 Å². The largest absolute Gasteiger partial charge is 0.308 e. The van der Waals surface area contributed by atoms with Crippen molar-refractivity contribution < 1.29 is 13.6 Å². The topological polar surface area (TPSA) is 46.9 Å². The zero-order chi connectivity index (χ0) is 16.7. The number of carbonyl (C=O) groups is 1. The van der Waals surface area contributed by atoms with E-state index in [-0.39, 0.29) is 11.6 Å². The van der Waals surface area contributed by atoms with Crippen molar-refractivity contribution in [2.75, 3.05) is 5.32 Å². The summed E-state index contributed by atoms with van der Waals surface area (Å²) in [5, 5.41) is 8.94. The molecule has 7 heteroatoms. The standard InChI is InChI=1S/C17H13F2N3OS/c18-11-8-12(19)10-13(9-11)22-6-3-15(21-22)20-16(23)17(4-5-17)14-2-1-7-24-14/h1-3,6-10H,4-5H2,(H,20,21,23).